The predicted molar refractivity (Wildman–Crippen MR) is 103 cm³/mol. The Morgan fingerprint density at radius 3 is 2.76 bits per heavy atom. The summed E-state index contributed by atoms with van der Waals surface area (Å²) in [5, 5.41) is 7.04. The Morgan fingerprint density at radius 1 is 1.28 bits per heavy atom. The van der Waals surface area contributed by atoms with Crippen LogP contribution in [0.25, 0.3) is 0 Å². The summed E-state index contributed by atoms with van der Waals surface area (Å²) in [6, 6.07) is 7.62. The van der Waals surface area contributed by atoms with Crippen LogP contribution in [0.5, 0.6) is 5.75 Å². The molecule has 1 saturated heterocycles. The lowest BCUT2D eigenvalue weighted by Crippen LogP contribution is -2.45. The van der Waals surface area contributed by atoms with Crippen LogP contribution in [-0.4, -0.2) is 50.2 Å². The van der Waals surface area contributed by atoms with E-state index in [1.165, 1.54) is 44.2 Å². The number of ether oxygens (including phenoxy) is 1. The Hall–Kier alpha value is -1.75. The molecule has 0 radical (unpaired) electrons. The highest BCUT2D eigenvalue weighted by atomic mass is 16.5. The lowest BCUT2D eigenvalue weighted by atomic mass is 10.1. The zero-order valence-corrected chi connectivity index (χ0v) is 15.8. The molecule has 5 heteroatoms. The van der Waals surface area contributed by atoms with E-state index in [4.69, 9.17) is 4.74 Å². The highest BCUT2D eigenvalue weighted by Crippen LogP contribution is 2.26. The zero-order chi connectivity index (χ0) is 17.6. The summed E-state index contributed by atoms with van der Waals surface area (Å²) < 4.78 is 5.33. The second-order valence-electron chi connectivity index (χ2n) is 7.29. The second kappa shape index (κ2) is 8.56. The minimum atomic E-state index is 0.504. The summed E-state index contributed by atoms with van der Waals surface area (Å²) in [7, 11) is 3.56. The molecule has 2 fully saturated rings. The van der Waals surface area contributed by atoms with Crippen LogP contribution in [0.3, 0.4) is 0 Å². The largest absolute Gasteiger partial charge is 0.496 e. The van der Waals surface area contributed by atoms with Crippen molar-refractivity contribution < 1.29 is 4.74 Å². The monoisotopic (exact) mass is 344 g/mol. The number of aryl methyl sites for hydroxylation is 1. The fourth-order valence-corrected chi connectivity index (χ4v) is 4.13. The van der Waals surface area contributed by atoms with Crippen molar-refractivity contribution >= 4 is 5.96 Å². The number of rotatable bonds is 5. The van der Waals surface area contributed by atoms with Gasteiger partial charge in [0.25, 0.3) is 0 Å². The molecular weight excluding hydrogens is 312 g/mol. The lowest BCUT2D eigenvalue weighted by Gasteiger charge is -2.24. The number of hydrogen-bond acceptors (Lipinski definition) is 3. The summed E-state index contributed by atoms with van der Waals surface area (Å²) in [4.78, 5) is 7.07. The third kappa shape index (κ3) is 4.66. The van der Waals surface area contributed by atoms with Crippen molar-refractivity contribution in [3.05, 3.63) is 29.3 Å². The van der Waals surface area contributed by atoms with Crippen LogP contribution in [0.1, 0.15) is 43.2 Å². The molecule has 1 atom stereocenters. The highest BCUT2D eigenvalue weighted by molar-refractivity contribution is 5.80. The Balaban J connectivity index is 1.47. The van der Waals surface area contributed by atoms with E-state index >= 15 is 0 Å². The third-order valence-corrected chi connectivity index (χ3v) is 5.54. The van der Waals surface area contributed by atoms with Gasteiger partial charge in [-0.1, -0.05) is 25.0 Å². The SMILES string of the molecule is CN=C(NCc1ccc(OC)c(C)c1)NC1CCN(C2CCCC2)C1. The van der Waals surface area contributed by atoms with E-state index in [0.29, 0.717) is 6.04 Å². The van der Waals surface area contributed by atoms with Crippen molar-refractivity contribution in [2.75, 3.05) is 27.2 Å². The van der Waals surface area contributed by atoms with E-state index in [1.807, 2.05) is 13.1 Å². The first-order valence-corrected chi connectivity index (χ1v) is 9.54. The van der Waals surface area contributed by atoms with E-state index in [9.17, 15) is 0 Å². The normalized spacial score (nSPS) is 22.4. The number of likely N-dealkylation sites (tertiary alicyclic amines) is 1. The van der Waals surface area contributed by atoms with Gasteiger partial charge < -0.3 is 15.4 Å². The molecule has 1 heterocycles. The van der Waals surface area contributed by atoms with Crippen LogP contribution in [0.15, 0.2) is 23.2 Å². The number of aliphatic imine (C=N–C) groups is 1. The van der Waals surface area contributed by atoms with Crippen LogP contribution in [0.4, 0.5) is 0 Å². The number of benzene rings is 1. The second-order valence-corrected chi connectivity index (χ2v) is 7.29. The van der Waals surface area contributed by atoms with Crippen molar-refractivity contribution in [1.29, 1.82) is 0 Å². The first-order valence-electron chi connectivity index (χ1n) is 9.54. The van der Waals surface area contributed by atoms with Gasteiger partial charge in [0.15, 0.2) is 5.96 Å². The predicted octanol–water partition coefficient (Wildman–Crippen LogP) is 2.69. The molecule has 1 saturated carbocycles. The van der Waals surface area contributed by atoms with Crippen molar-refractivity contribution in [2.45, 2.75) is 57.7 Å². The van der Waals surface area contributed by atoms with Crippen molar-refractivity contribution in [2.24, 2.45) is 4.99 Å². The molecule has 0 amide bonds. The van der Waals surface area contributed by atoms with Gasteiger partial charge in [0.05, 0.1) is 7.11 Å². The van der Waals surface area contributed by atoms with Crippen LogP contribution >= 0.6 is 0 Å². The van der Waals surface area contributed by atoms with Gasteiger partial charge in [0.2, 0.25) is 0 Å². The Labute approximate surface area is 151 Å². The molecule has 2 aliphatic rings. The Morgan fingerprint density at radius 2 is 2.08 bits per heavy atom. The van der Waals surface area contributed by atoms with Gasteiger partial charge in [0.1, 0.15) is 5.75 Å². The highest BCUT2D eigenvalue weighted by Gasteiger charge is 2.30. The smallest absolute Gasteiger partial charge is 0.191 e. The third-order valence-electron chi connectivity index (χ3n) is 5.54. The van der Waals surface area contributed by atoms with Crippen LogP contribution in [0.2, 0.25) is 0 Å². The summed E-state index contributed by atoms with van der Waals surface area (Å²) in [6.07, 6.45) is 6.79. The Bertz CT molecular complexity index is 595. The zero-order valence-electron chi connectivity index (χ0n) is 15.8. The minimum Gasteiger partial charge on any atom is -0.496 e. The van der Waals surface area contributed by atoms with Crippen LogP contribution in [-0.2, 0) is 6.54 Å². The lowest BCUT2D eigenvalue weighted by molar-refractivity contribution is 0.242. The standard InChI is InChI=1S/C20H32N4O/c1-15-12-16(8-9-19(15)25-3)13-22-20(21-2)23-17-10-11-24(14-17)18-6-4-5-7-18/h8-9,12,17-18H,4-7,10-11,13-14H2,1-3H3,(H2,21,22,23). The van der Waals surface area contributed by atoms with Crippen LogP contribution in [0, 0.1) is 6.92 Å². The molecule has 1 aromatic rings. The topological polar surface area (TPSA) is 48.9 Å². The molecule has 1 aliphatic carbocycles. The maximum absolute atomic E-state index is 5.33. The van der Waals surface area contributed by atoms with E-state index < -0.39 is 0 Å². The molecular formula is C20H32N4O. The molecule has 1 aliphatic heterocycles. The molecule has 25 heavy (non-hydrogen) atoms. The summed E-state index contributed by atoms with van der Waals surface area (Å²) >= 11 is 0. The summed E-state index contributed by atoms with van der Waals surface area (Å²) in [5.41, 5.74) is 2.40. The fourth-order valence-electron chi connectivity index (χ4n) is 4.13. The molecule has 3 rings (SSSR count). The fraction of sp³-hybridized carbons (Fsp3) is 0.650. The number of guanidine groups is 1. The van der Waals surface area contributed by atoms with E-state index in [1.54, 1.807) is 7.11 Å². The van der Waals surface area contributed by atoms with Crippen molar-refractivity contribution in [3.63, 3.8) is 0 Å². The maximum Gasteiger partial charge on any atom is 0.191 e. The van der Waals surface area contributed by atoms with Crippen LogP contribution < -0.4 is 15.4 Å². The van der Waals surface area contributed by atoms with Gasteiger partial charge in [-0.15, -0.1) is 0 Å². The van der Waals surface area contributed by atoms with Gasteiger partial charge >= 0.3 is 0 Å². The number of nitrogens with zero attached hydrogens (tertiary/aromatic N) is 2. The number of methoxy groups -OCH3 is 1. The van der Waals surface area contributed by atoms with Gasteiger partial charge in [-0.25, -0.2) is 0 Å². The first-order chi connectivity index (χ1) is 12.2. The van der Waals surface area contributed by atoms with Gasteiger partial charge in [-0.3, -0.25) is 9.89 Å². The molecule has 1 unspecified atom stereocenters. The number of hydrogen-bond donors (Lipinski definition) is 2. The van der Waals surface area contributed by atoms with Crippen molar-refractivity contribution in [1.82, 2.24) is 15.5 Å². The summed E-state index contributed by atoms with van der Waals surface area (Å²) in [6.45, 7) is 5.21. The quantitative estimate of drug-likeness (QED) is 0.637. The molecule has 5 nitrogen and oxygen atoms in total. The maximum atomic E-state index is 5.33. The molecule has 1 aromatic carbocycles. The molecule has 0 bridgehead atoms. The van der Waals surface area contributed by atoms with E-state index in [0.717, 1.165) is 36.4 Å². The average molecular weight is 345 g/mol. The Kier molecular flexibility index (Phi) is 6.19. The van der Waals surface area contributed by atoms with E-state index in [2.05, 4.69) is 39.6 Å². The minimum absolute atomic E-state index is 0.504. The average Bonchev–Trinajstić information content (AvgIpc) is 3.30. The molecule has 0 aromatic heterocycles. The van der Waals surface area contributed by atoms with Crippen molar-refractivity contribution in [3.8, 4) is 5.75 Å². The van der Waals surface area contributed by atoms with Gasteiger partial charge in [-0.2, -0.15) is 0 Å². The van der Waals surface area contributed by atoms with Gasteiger partial charge in [-0.05, 0) is 43.4 Å². The van der Waals surface area contributed by atoms with E-state index in [-0.39, 0.29) is 0 Å². The first kappa shape index (κ1) is 18.1. The summed E-state index contributed by atoms with van der Waals surface area (Å²) in [5.74, 6) is 1.83. The molecule has 0 spiro atoms. The molecule has 138 valence electrons. The molecule has 2 N–H and O–H groups in total. The van der Waals surface area contributed by atoms with Gasteiger partial charge in [0, 0.05) is 38.8 Å². The number of nitrogens with one attached hydrogen (secondary N) is 2.